The van der Waals surface area contributed by atoms with Gasteiger partial charge in [0, 0.05) is 22.5 Å². The molecule has 3 rings (SSSR count). The molecule has 1 saturated heterocycles. The second-order valence-corrected chi connectivity index (χ2v) is 5.38. The summed E-state index contributed by atoms with van der Waals surface area (Å²) in [6.45, 7) is 4.66. The van der Waals surface area contributed by atoms with E-state index in [1.807, 2.05) is 0 Å². The van der Waals surface area contributed by atoms with Crippen LogP contribution in [0.5, 0.6) is 0 Å². The Morgan fingerprint density at radius 1 is 1.39 bits per heavy atom. The zero-order chi connectivity index (χ0) is 12.6. The molecular formula is C15H20N2O. The number of para-hydroxylation sites is 1. The normalized spacial score (nSPS) is 19.7. The predicted molar refractivity (Wildman–Crippen MR) is 73.6 cm³/mol. The number of nitrogens with one attached hydrogen (secondary N) is 1. The first kappa shape index (κ1) is 11.8. The lowest BCUT2D eigenvalue weighted by atomic mass is 9.68. The van der Waals surface area contributed by atoms with E-state index in [4.69, 9.17) is 10.5 Å². The van der Waals surface area contributed by atoms with Crippen LogP contribution >= 0.6 is 0 Å². The zero-order valence-corrected chi connectivity index (χ0v) is 10.8. The molecule has 0 spiro atoms. The van der Waals surface area contributed by atoms with Crippen molar-refractivity contribution in [3.8, 4) is 0 Å². The number of hydrogen-bond donors (Lipinski definition) is 2. The third-order valence-corrected chi connectivity index (χ3v) is 4.39. The number of aromatic nitrogens is 1. The Balaban J connectivity index is 2.06. The molecule has 1 unspecified atom stereocenters. The van der Waals surface area contributed by atoms with E-state index >= 15 is 0 Å². The summed E-state index contributed by atoms with van der Waals surface area (Å²) >= 11 is 0. The van der Waals surface area contributed by atoms with Gasteiger partial charge in [-0.2, -0.15) is 0 Å². The van der Waals surface area contributed by atoms with Crippen LogP contribution in [0.15, 0.2) is 30.5 Å². The molecule has 0 aliphatic carbocycles. The average molecular weight is 244 g/mol. The topological polar surface area (TPSA) is 51.0 Å². The molecule has 1 aliphatic heterocycles. The molecule has 18 heavy (non-hydrogen) atoms. The van der Waals surface area contributed by atoms with E-state index in [0.29, 0.717) is 5.92 Å². The van der Waals surface area contributed by atoms with E-state index < -0.39 is 0 Å². The largest absolute Gasteiger partial charge is 0.379 e. The fourth-order valence-electron chi connectivity index (χ4n) is 3.04. The lowest BCUT2D eigenvalue weighted by Gasteiger charge is -2.46. The summed E-state index contributed by atoms with van der Waals surface area (Å²) in [6.07, 6.45) is 3.20. The van der Waals surface area contributed by atoms with Crippen molar-refractivity contribution in [2.75, 3.05) is 19.8 Å². The van der Waals surface area contributed by atoms with Gasteiger partial charge >= 0.3 is 0 Å². The number of aromatic amines is 1. The fourth-order valence-corrected chi connectivity index (χ4v) is 3.04. The van der Waals surface area contributed by atoms with E-state index in [-0.39, 0.29) is 5.41 Å². The highest BCUT2D eigenvalue weighted by atomic mass is 16.5. The van der Waals surface area contributed by atoms with Gasteiger partial charge in [0.05, 0.1) is 13.2 Å². The number of H-pyrrole nitrogens is 1. The Morgan fingerprint density at radius 3 is 2.83 bits per heavy atom. The van der Waals surface area contributed by atoms with Crippen molar-refractivity contribution in [3.63, 3.8) is 0 Å². The first-order chi connectivity index (χ1) is 8.78. The summed E-state index contributed by atoms with van der Waals surface area (Å²) in [4.78, 5) is 3.37. The van der Waals surface area contributed by atoms with Crippen LogP contribution < -0.4 is 5.73 Å². The molecular weight excluding hydrogens is 224 g/mol. The van der Waals surface area contributed by atoms with E-state index in [1.54, 1.807) is 0 Å². The van der Waals surface area contributed by atoms with Crippen molar-refractivity contribution >= 4 is 10.9 Å². The maximum absolute atomic E-state index is 5.72. The Kier molecular flexibility index (Phi) is 2.88. The number of rotatable bonds is 4. The summed E-state index contributed by atoms with van der Waals surface area (Å²) in [5.74, 6) is 0.551. The summed E-state index contributed by atoms with van der Waals surface area (Å²) < 4.78 is 5.52. The van der Waals surface area contributed by atoms with Crippen molar-refractivity contribution in [2.24, 2.45) is 11.7 Å². The number of nitrogens with two attached hydrogens (primary N) is 1. The quantitative estimate of drug-likeness (QED) is 0.867. The monoisotopic (exact) mass is 244 g/mol. The number of ether oxygens (including phenoxy) is 1. The second kappa shape index (κ2) is 4.41. The molecule has 0 radical (unpaired) electrons. The smallest absolute Gasteiger partial charge is 0.0589 e. The Bertz CT molecular complexity index is 542. The van der Waals surface area contributed by atoms with Gasteiger partial charge in [0.2, 0.25) is 0 Å². The molecule has 1 aromatic heterocycles. The molecule has 1 aromatic carbocycles. The van der Waals surface area contributed by atoms with Gasteiger partial charge in [-0.15, -0.1) is 0 Å². The first-order valence-corrected chi connectivity index (χ1v) is 6.62. The van der Waals surface area contributed by atoms with Crippen molar-refractivity contribution in [1.29, 1.82) is 0 Å². The van der Waals surface area contributed by atoms with Crippen molar-refractivity contribution < 1.29 is 4.74 Å². The lowest BCUT2D eigenvalue weighted by molar-refractivity contribution is -0.0875. The van der Waals surface area contributed by atoms with E-state index in [9.17, 15) is 0 Å². The minimum absolute atomic E-state index is 0.152. The fraction of sp³-hybridized carbons (Fsp3) is 0.467. The van der Waals surface area contributed by atoms with Crippen LogP contribution in [-0.2, 0) is 10.2 Å². The van der Waals surface area contributed by atoms with Crippen LogP contribution in [0, 0.1) is 5.92 Å². The predicted octanol–water partition coefficient (Wildman–Crippen LogP) is 2.42. The lowest BCUT2D eigenvalue weighted by Crippen LogP contribution is -2.51. The average Bonchev–Trinajstić information content (AvgIpc) is 2.73. The van der Waals surface area contributed by atoms with Gasteiger partial charge in [-0.1, -0.05) is 25.1 Å². The van der Waals surface area contributed by atoms with Gasteiger partial charge in [0.25, 0.3) is 0 Å². The van der Waals surface area contributed by atoms with Crippen LogP contribution in [0.2, 0.25) is 0 Å². The standard InChI is InChI=1S/C15H20N2O/c1-11(6-7-16)15(9-18-10-15)13-8-17-14-5-3-2-4-12(13)14/h2-5,8,11,17H,6-7,9-10,16H2,1H3. The van der Waals surface area contributed by atoms with Crippen LogP contribution in [-0.4, -0.2) is 24.7 Å². The zero-order valence-electron chi connectivity index (χ0n) is 10.8. The maximum atomic E-state index is 5.72. The van der Waals surface area contributed by atoms with Gasteiger partial charge < -0.3 is 15.5 Å². The van der Waals surface area contributed by atoms with E-state index in [2.05, 4.69) is 42.4 Å². The SMILES string of the molecule is CC(CCN)C1(c2c[nH]c3ccccc23)COC1. The summed E-state index contributed by atoms with van der Waals surface area (Å²) in [5.41, 5.74) is 8.48. The van der Waals surface area contributed by atoms with Crippen molar-refractivity contribution in [3.05, 3.63) is 36.0 Å². The minimum atomic E-state index is 0.152. The van der Waals surface area contributed by atoms with Crippen molar-refractivity contribution in [1.82, 2.24) is 4.98 Å². The first-order valence-electron chi connectivity index (χ1n) is 6.62. The van der Waals surface area contributed by atoms with Crippen LogP contribution in [0.25, 0.3) is 10.9 Å². The van der Waals surface area contributed by atoms with Gasteiger partial charge in [-0.05, 0) is 30.5 Å². The highest BCUT2D eigenvalue weighted by Crippen LogP contribution is 2.43. The molecule has 1 fully saturated rings. The molecule has 2 heterocycles. The number of hydrogen-bond acceptors (Lipinski definition) is 2. The van der Waals surface area contributed by atoms with Gasteiger partial charge in [-0.25, -0.2) is 0 Å². The van der Waals surface area contributed by atoms with Gasteiger partial charge in [0.15, 0.2) is 0 Å². The summed E-state index contributed by atoms with van der Waals surface area (Å²) in [7, 11) is 0. The molecule has 0 amide bonds. The Morgan fingerprint density at radius 2 is 2.17 bits per heavy atom. The molecule has 1 aliphatic rings. The minimum Gasteiger partial charge on any atom is -0.379 e. The Labute approximate surface area is 107 Å². The number of benzene rings is 1. The molecule has 0 saturated carbocycles. The molecule has 3 nitrogen and oxygen atoms in total. The molecule has 2 aromatic rings. The van der Waals surface area contributed by atoms with Crippen LogP contribution in [0.4, 0.5) is 0 Å². The number of fused-ring (bicyclic) bond motifs is 1. The van der Waals surface area contributed by atoms with E-state index in [1.165, 1.54) is 16.5 Å². The third kappa shape index (κ3) is 1.58. The molecule has 0 bridgehead atoms. The van der Waals surface area contributed by atoms with E-state index in [0.717, 1.165) is 26.2 Å². The van der Waals surface area contributed by atoms with Crippen molar-refractivity contribution in [2.45, 2.75) is 18.8 Å². The third-order valence-electron chi connectivity index (χ3n) is 4.39. The summed E-state index contributed by atoms with van der Waals surface area (Å²) in [5, 5.41) is 1.32. The molecule has 3 heteroatoms. The molecule has 3 N–H and O–H groups in total. The van der Waals surface area contributed by atoms with Crippen LogP contribution in [0.1, 0.15) is 18.9 Å². The van der Waals surface area contributed by atoms with Gasteiger partial charge in [-0.3, -0.25) is 0 Å². The van der Waals surface area contributed by atoms with Crippen LogP contribution in [0.3, 0.4) is 0 Å². The second-order valence-electron chi connectivity index (χ2n) is 5.38. The maximum Gasteiger partial charge on any atom is 0.0589 e. The Hall–Kier alpha value is -1.32. The van der Waals surface area contributed by atoms with Gasteiger partial charge in [0.1, 0.15) is 0 Å². The molecule has 96 valence electrons. The highest BCUT2D eigenvalue weighted by molar-refractivity contribution is 5.84. The molecule has 1 atom stereocenters. The highest BCUT2D eigenvalue weighted by Gasteiger charge is 2.45. The summed E-state index contributed by atoms with van der Waals surface area (Å²) in [6, 6.07) is 8.48.